The fourth-order valence-corrected chi connectivity index (χ4v) is 1.90. The third-order valence-corrected chi connectivity index (χ3v) is 2.95. The molecular weight excluding hydrogens is 298 g/mol. The molecule has 0 saturated heterocycles. The minimum atomic E-state index is -0.465. The van der Waals surface area contributed by atoms with E-state index in [9.17, 15) is 10.1 Å². The van der Waals surface area contributed by atoms with E-state index in [1.807, 2.05) is 13.8 Å². The topological polar surface area (TPSA) is 77.7 Å². The Morgan fingerprint density at radius 2 is 1.81 bits per heavy atom. The highest BCUT2D eigenvalue weighted by molar-refractivity contribution is 6.29. The zero-order chi connectivity index (χ0) is 15.7. The van der Waals surface area contributed by atoms with Gasteiger partial charge in [-0.2, -0.15) is 0 Å². The molecule has 0 radical (unpaired) electrons. The molecule has 8 heteroatoms. The van der Waals surface area contributed by atoms with Crippen LogP contribution in [0.1, 0.15) is 13.8 Å². The first-order chi connectivity index (χ1) is 10.1. The first-order valence-corrected chi connectivity index (χ1v) is 7.19. The van der Waals surface area contributed by atoms with E-state index in [1.165, 1.54) is 12.1 Å². The van der Waals surface area contributed by atoms with Crippen LogP contribution < -0.4 is 4.90 Å². The molecule has 7 nitrogen and oxygen atoms in total. The number of rotatable bonds is 10. The molecule has 0 atom stereocenters. The summed E-state index contributed by atoms with van der Waals surface area (Å²) in [6, 6.07) is 2.77. The van der Waals surface area contributed by atoms with Crippen LogP contribution in [0.2, 0.25) is 5.15 Å². The van der Waals surface area contributed by atoms with Gasteiger partial charge >= 0.3 is 5.69 Å². The first-order valence-electron chi connectivity index (χ1n) is 6.81. The Kier molecular flexibility index (Phi) is 7.96. The maximum Gasteiger partial charge on any atom is 0.311 e. The number of hydrogen-bond donors (Lipinski definition) is 0. The predicted octanol–water partition coefficient (Wildman–Crippen LogP) is 2.52. The van der Waals surface area contributed by atoms with Gasteiger partial charge in [-0.1, -0.05) is 11.6 Å². The van der Waals surface area contributed by atoms with Gasteiger partial charge in [0.1, 0.15) is 5.15 Å². The summed E-state index contributed by atoms with van der Waals surface area (Å²) in [7, 11) is 0. The molecule has 0 unspecified atom stereocenters. The Labute approximate surface area is 129 Å². The fourth-order valence-electron chi connectivity index (χ4n) is 1.75. The van der Waals surface area contributed by atoms with Crippen molar-refractivity contribution in [2.75, 3.05) is 44.4 Å². The zero-order valence-electron chi connectivity index (χ0n) is 12.2. The molecule has 1 aromatic heterocycles. The zero-order valence-corrected chi connectivity index (χ0v) is 13.0. The van der Waals surface area contributed by atoms with Crippen molar-refractivity contribution in [2.45, 2.75) is 13.8 Å². The Balaban J connectivity index is 2.93. The van der Waals surface area contributed by atoms with E-state index < -0.39 is 4.92 Å². The summed E-state index contributed by atoms with van der Waals surface area (Å²) in [5.74, 6) is 0.243. The second-order valence-electron chi connectivity index (χ2n) is 4.11. The molecule has 0 aliphatic carbocycles. The van der Waals surface area contributed by atoms with Gasteiger partial charge < -0.3 is 14.4 Å². The summed E-state index contributed by atoms with van der Waals surface area (Å²) in [5, 5.41) is 11.3. The van der Waals surface area contributed by atoms with Gasteiger partial charge in [0.15, 0.2) is 0 Å². The van der Waals surface area contributed by atoms with Crippen LogP contribution in [0.5, 0.6) is 0 Å². The molecule has 1 rings (SSSR count). The van der Waals surface area contributed by atoms with Gasteiger partial charge in [0.05, 0.1) is 18.1 Å². The van der Waals surface area contributed by atoms with Crippen molar-refractivity contribution in [3.8, 4) is 0 Å². The van der Waals surface area contributed by atoms with Crippen LogP contribution in [-0.2, 0) is 9.47 Å². The van der Waals surface area contributed by atoms with Crippen molar-refractivity contribution < 1.29 is 14.4 Å². The second-order valence-corrected chi connectivity index (χ2v) is 4.50. The Bertz CT molecular complexity index is 449. The van der Waals surface area contributed by atoms with Gasteiger partial charge in [-0.3, -0.25) is 10.1 Å². The third-order valence-electron chi connectivity index (χ3n) is 2.74. The van der Waals surface area contributed by atoms with Gasteiger partial charge in [0.2, 0.25) is 5.82 Å². The minimum Gasteiger partial charge on any atom is -0.380 e. The van der Waals surface area contributed by atoms with E-state index in [4.69, 9.17) is 21.1 Å². The van der Waals surface area contributed by atoms with E-state index >= 15 is 0 Å². The molecule has 118 valence electrons. The predicted molar refractivity (Wildman–Crippen MR) is 81.1 cm³/mol. The first kappa shape index (κ1) is 17.6. The van der Waals surface area contributed by atoms with Crippen molar-refractivity contribution >= 4 is 23.1 Å². The van der Waals surface area contributed by atoms with Crippen LogP contribution in [-0.4, -0.2) is 49.4 Å². The summed E-state index contributed by atoms with van der Waals surface area (Å²) in [6.45, 7) is 6.83. The van der Waals surface area contributed by atoms with Crippen LogP contribution in [0.3, 0.4) is 0 Å². The highest BCUT2D eigenvalue weighted by Crippen LogP contribution is 2.27. The molecule has 1 aromatic rings. The van der Waals surface area contributed by atoms with E-state index in [1.54, 1.807) is 4.90 Å². The Hall–Kier alpha value is -1.44. The number of ether oxygens (including phenoxy) is 2. The molecule has 0 saturated carbocycles. The largest absolute Gasteiger partial charge is 0.380 e. The van der Waals surface area contributed by atoms with Crippen molar-refractivity contribution in [2.24, 2.45) is 0 Å². The van der Waals surface area contributed by atoms with E-state index in [0.717, 1.165) is 0 Å². The molecule has 0 aliphatic heterocycles. The second kappa shape index (κ2) is 9.49. The van der Waals surface area contributed by atoms with Gasteiger partial charge in [0.25, 0.3) is 0 Å². The summed E-state index contributed by atoms with van der Waals surface area (Å²) >= 11 is 5.87. The smallest absolute Gasteiger partial charge is 0.311 e. The number of nitrogens with zero attached hydrogens (tertiary/aromatic N) is 3. The standard InChI is InChI=1S/C13H20ClN3O4/c1-3-20-9-7-16(8-10-21-4-2)13-11(17(18)19)5-6-12(14)15-13/h5-6H,3-4,7-10H2,1-2H3. The molecule has 1 heterocycles. The van der Waals surface area contributed by atoms with Crippen LogP contribution >= 0.6 is 11.6 Å². The highest BCUT2D eigenvalue weighted by atomic mass is 35.5. The van der Waals surface area contributed by atoms with Crippen molar-refractivity contribution in [3.05, 3.63) is 27.4 Å². The van der Waals surface area contributed by atoms with Crippen molar-refractivity contribution in [3.63, 3.8) is 0 Å². The lowest BCUT2D eigenvalue weighted by Gasteiger charge is -2.23. The monoisotopic (exact) mass is 317 g/mol. The number of nitro groups is 1. The maximum absolute atomic E-state index is 11.1. The average molecular weight is 318 g/mol. The normalized spacial score (nSPS) is 10.6. The van der Waals surface area contributed by atoms with Crippen LogP contribution in [0.25, 0.3) is 0 Å². The fraction of sp³-hybridized carbons (Fsp3) is 0.615. The maximum atomic E-state index is 11.1. The summed E-state index contributed by atoms with van der Waals surface area (Å²) in [6.07, 6.45) is 0. The van der Waals surface area contributed by atoms with Crippen molar-refractivity contribution in [1.82, 2.24) is 4.98 Å². The Morgan fingerprint density at radius 3 is 2.29 bits per heavy atom. The van der Waals surface area contributed by atoms with Crippen molar-refractivity contribution in [1.29, 1.82) is 0 Å². The number of hydrogen-bond acceptors (Lipinski definition) is 6. The Morgan fingerprint density at radius 1 is 1.24 bits per heavy atom. The van der Waals surface area contributed by atoms with Gasteiger partial charge in [-0.15, -0.1) is 0 Å². The lowest BCUT2D eigenvalue weighted by atomic mass is 10.3. The minimum absolute atomic E-state index is 0.0765. The van der Waals surface area contributed by atoms with E-state index in [0.29, 0.717) is 39.5 Å². The van der Waals surface area contributed by atoms with E-state index in [-0.39, 0.29) is 16.7 Å². The number of halogens is 1. The molecule has 0 bridgehead atoms. The lowest BCUT2D eigenvalue weighted by molar-refractivity contribution is -0.384. The van der Waals surface area contributed by atoms with Crippen LogP contribution in [0.4, 0.5) is 11.5 Å². The molecule has 21 heavy (non-hydrogen) atoms. The quantitative estimate of drug-likeness (QED) is 0.285. The summed E-state index contributed by atoms with van der Waals surface area (Å²) < 4.78 is 10.6. The van der Waals surface area contributed by atoms with Crippen LogP contribution in [0.15, 0.2) is 12.1 Å². The molecule has 0 spiro atoms. The lowest BCUT2D eigenvalue weighted by Crippen LogP contribution is -2.32. The SMILES string of the molecule is CCOCCN(CCOCC)c1nc(Cl)ccc1[N+](=O)[O-]. The number of anilines is 1. The highest BCUT2D eigenvalue weighted by Gasteiger charge is 2.21. The summed E-state index contributed by atoms with van der Waals surface area (Å²) in [4.78, 5) is 16.5. The average Bonchev–Trinajstić information content (AvgIpc) is 2.45. The molecular formula is C13H20ClN3O4. The van der Waals surface area contributed by atoms with E-state index in [2.05, 4.69) is 4.98 Å². The third kappa shape index (κ3) is 5.82. The van der Waals surface area contributed by atoms with Gasteiger partial charge in [-0.05, 0) is 19.9 Å². The summed E-state index contributed by atoms with van der Waals surface area (Å²) in [5.41, 5.74) is -0.0765. The van der Waals surface area contributed by atoms with Gasteiger partial charge in [0, 0.05) is 32.4 Å². The number of aromatic nitrogens is 1. The molecule has 0 aromatic carbocycles. The van der Waals surface area contributed by atoms with Crippen LogP contribution in [0, 0.1) is 10.1 Å². The number of pyridine rings is 1. The molecule has 0 fully saturated rings. The molecule has 0 amide bonds. The molecule has 0 aliphatic rings. The molecule has 0 N–H and O–H groups in total. The van der Waals surface area contributed by atoms with Gasteiger partial charge in [-0.25, -0.2) is 4.98 Å².